The fourth-order valence-electron chi connectivity index (χ4n) is 2.35. The van der Waals surface area contributed by atoms with E-state index in [1.807, 2.05) is 32.0 Å². The van der Waals surface area contributed by atoms with E-state index in [0.29, 0.717) is 6.61 Å². The molecule has 0 saturated carbocycles. The topological polar surface area (TPSA) is 72.5 Å². The number of carbonyl (C=O) groups excluding carboxylic acids is 1. The highest BCUT2D eigenvalue weighted by atomic mass is 32.2. The maximum atomic E-state index is 12.2. The number of amides is 1. The number of nitrogens with one attached hydrogen (secondary N) is 1. The summed E-state index contributed by atoms with van der Waals surface area (Å²) in [6.07, 6.45) is 0.638. The SMILES string of the molecule is CC[C@H](C)CS(=O)(=O)NC(=O)[C@H]1OCCc2ccccc21. The average Bonchev–Trinajstić information content (AvgIpc) is 2.45. The normalized spacial score (nSPS) is 19.6. The van der Waals surface area contributed by atoms with Gasteiger partial charge in [-0.2, -0.15) is 0 Å². The minimum Gasteiger partial charge on any atom is -0.363 e. The van der Waals surface area contributed by atoms with Gasteiger partial charge in [0.15, 0.2) is 6.10 Å². The van der Waals surface area contributed by atoms with E-state index in [-0.39, 0.29) is 11.7 Å². The lowest BCUT2D eigenvalue weighted by molar-refractivity contribution is -0.132. The lowest BCUT2D eigenvalue weighted by atomic mass is 9.97. The zero-order valence-electron chi connectivity index (χ0n) is 12.3. The lowest BCUT2D eigenvalue weighted by Gasteiger charge is -2.25. The largest absolute Gasteiger partial charge is 0.363 e. The highest BCUT2D eigenvalue weighted by molar-refractivity contribution is 7.90. The molecule has 116 valence electrons. The first kappa shape index (κ1) is 16.0. The van der Waals surface area contributed by atoms with Gasteiger partial charge in [0.2, 0.25) is 10.0 Å². The summed E-state index contributed by atoms with van der Waals surface area (Å²) in [5.41, 5.74) is 1.78. The van der Waals surface area contributed by atoms with Gasteiger partial charge < -0.3 is 4.74 Å². The highest BCUT2D eigenvalue weighted by Crippen LogP contribution is 2.27. The summed E-state index contributed by atoms with van der Waals surface area (Å²) >= 11 is 0. The van der Waals surface area contributed by atoms with Gasteiger partial charge in [-0.05, 0) is 23.5 Å². The molecule has 0 bridgehead atoms. The highest BCUT2D eigenvalue weighted by Gasteiger charge is 2.30. The molecular weight excluding hydrogens is 290 g/mol. The molecule has 0 unspecified atom stereocenters. The quantitative estimate of drug-likeness (QED) is 0.900. The minimum atomic E-state index is -3.62. The predicted octanol–water partition coefficient (Wildman–Crippen LogP) is 1.79. The van der Waals surface area contributed by atoms with Crippen molar-refractivity contribution in [3.05, 3.63) is 35.4 Å². The van der Waals surface area contributed by atoms with E-state index in [9.17, 15) is 13.2 Å². The van der Waals surface area contributed by atoms with Crippen molar-refractivity contribution >= 4 is 15.9 Å². The van der Waals surface area contributed by atoms with Crippen molar-refractivity contribution in [3.63, 3.8) is 0 Å². The third-order valence-corrected chi connectivity index (χ3v) is 5.21. The summed E-state index contributed by atoms with van der Waals surface area (Å²) in [5.74, 6) is -0.649. The maximum absolute atomic E-state index is 12.2. The van der Waals surface area contributed by atoms with Crippen molar-refractivity contribution in [3.8, 4) is 0 Å². The van der Waals surface area contributed by atoms with Gasteiger partial charge in [-0.15, -0.1) is 0 Å². The van der Waals surface area contributed by atoms with Gasteiger partial charge in [-0.1, -0.05) is 44.5 Å². The number of fused-ring (bicyclic) bond motifs is 1. The summed E-state index contributed by atoms with van der Waals surface area (Å²) in [7, 11) is -3.62. The number of rotatable bonds is 5. The molecule has 1 N–H and O–H groups in total. The Kier molecular flexibility index (Phi) is 5.00. The van der Waals surface area contributed by atoms with Crippen molar-refractivity contribution in [2.75, 3.05) is 12.4 Å². The fraction of sp³-hybridized carbons (Fsp3) is 0.533. The number of sulfonamides is 1. The summed E-state index contributed by atoms with van der Waals surface area (Å²) in [6.45, 7) is 4.18. The predicted molar refractivity (Wildman–Crippen MR) is 80.2 cm³/mol. The van der Waals surface area contributed by atoms with Crippen LogP contribution in [-0.4, -0.2) is 26.7 Å². The van der Waals surface area contributed by atoms with Crippen LogP contribution in [0.15, 0.2) is 24.3 Å². The molecule has 0 radical (unpaired) electrons. The van der Waals surface area contributed by atoms with Gasteiger partial charge in [0.1, 0.15) is 0 Å². The van der Waals surface area contributed by atoms with E-state index >= 15 is 0 Å². The van der Waals surface area contributed by atoms with Gasteiger partial charge in [0, 0.05) is 0 Å². The molecule has 5 nitrogen and oxygen atoms in total. The van der Waals surface area contributed by atoms with Crippen molar-refractivity contribution in [2.24, 2.45) is 5.92 Å². The standard InChI is InChI=1S/C15H21NO4S/c1-3-11(2)10-21(18,19)16-15(17)14-13-7-5-4-6-12(13)8-9-20-14/h4-7,11,14H,3,8-10H2,1-2H3,(H,16,17)/t11-,14-/m0/s1. The van der Waals surface area contributed by atoms with Crippen LogP contribution in [0.1, 0.15) is 37.5 Å². The maximum Gasteiger partial charge on any atom is 0.267 e. The third-order valence-electron chi connectivity index (χ3n) is 3.69. The summed E-state index contributed by atoms with van der Waals surface area (Å²) in [6, 6.07) is 7.46. The number of benzene rings is 1. The van der Waals surface area contributed by atoms with E-state index in [0.717, 1.165) is 24.0 Å². The molecule has 6 heteroatoms. The Morgan fingerprint density at radius 3 is 2.86 bits per heavy atom. The monoisotopic (exact) mass is 311 g/mol. The van der Waals surface area contributed by atoms with Crippen LogP contribution >= 0.6 is 0 Å². The second-order valence-corrected chi connectivity index (χ2v) is 7.23. The summed E-state index contributed by atoms with van der Waals surface area (Å²) < 4.78 is 31.6. The fourth-order valence-corrected chi connectivity index (χ4v) is 3.83. The number of hydrogen-bond acceptors (Lipinski definition) is 4. The van der Waals surface area contributed by atoms with Crippen LogP contribution in [-0.2, 0) is 26.0 Å². The zero-order chi connectivity index (χ0) is 15.5. The Labute approximate surface area is 125 Å². The number of ether oxygens (including phenoxy) is 1. The van der Waals surface area contributed by atoms with Gasteiger partial charge >= 0.3 is 0 Å². The molecule has 2 rings (SSSR count). The van der Waals surface area contributed by atoms with Crippen LogP contribution in [0.25, 0.3) is 0 Å². The lowest BCUT2D eigenvalue weighted by Crippen LogP contribution is -2.39. The first-order valence-electron chi connectivity index (χ1n) is 7.16. The smallest absolute Gasteiger partial charge is 0.267 e. The van der Waals surface area contributed by atoms with Crippen molar-refractivity contribution < 1.29 is 17.9 Å². The summed E-state index contributed by atoms with van der Waals surface area (Å²) in [5, 5.41) is 0. The molecule has 0 aromatic heterocycles. The molecule has 21 heavy (non-hydrogen) atoms. The van der Waals surface area contributed by atoms with E-state index in [1.54, 1.807) is 6.07 Å². The van der Waals surface area contributed by atoms with Gasteiger partial charge in [0.05, 0.1) is 12.4 Å². The number of carbonyl (C=O) groups is 1. The van der Waals surface area contributed by atoms with Crippen LogP contribution in [0.3, 0.4) is 0 Å². The molecule has 1 aliphatic heterocycles. The van der Waals surface area contributed by atoms with Crippen molar-refractivity contribution in [2.45, 2.75) is 32.8 Å². The molecule has 2 atom stereocenters. The molecule has 1 aliphatic rings. The molecule has 0 saturated heterocycles. The Hall–Kier alpha value is -1.40. The Morgan fingerprint density at radius 2 is 2.14 bits per heavy atom. The Balaban J connectivity index is 2.12. The minimum absolute atomic E-state index is 0.00913. The van der Waals surface area contributed by atoms with E-state index in [4.69, 9.17) is 4.74 Å². The van der Waals surface area contributed by atoms with E-state index in [2.05, 4.69) is 4.72 Å². The molecule has 0 aliphatic carbocycles. The van der Waals surface area contributed by atoms with Crippen LogP contribution in [0.5, 0.6) is 0 Å². The van der Waals surface area contributed by atoms with Gasteiger partial charge in [-0.25, -0.2) is 8.42 Å². The van der Waals surface area contributed by atoms with E-state index < -0.39 is 22.0 Å². The Bertz CT molecular complexity index is 612. The second-order valence-electron chi connectivity index (χ2n) is 5.46. The second kappa shape index (κ2) is 6.58. The van der Waals surface area contributed by atoms with Crippen LogP contribution in [0.4, 0.5) is 0 Å². The molecule has 0 fully saturated rings. The first-order chi connectivity index (χ1) is 9.93. The molecule has 1 amide bonds. The molecule has 0 spiro atoms. The van der Waals surface area contributed by atoms with E-state index in [1.165, 1.54) is 0 Å². The molecule has 1 aromatic rings. The van der Waals surface area contributed by atoms with Crippen LogP contribution in [0, 0.1) is 5.92 Å². The van der Waals surface area contributed by atoms with Gasteiger partial charge in [-0.3, -0.25) is 9.52 Å². The van der Waals surface area contributed by atoms with Gasteiger partial charge in [0.25, 0.3) is 5.91 Å². The number of hydrogen-bond donors (Lipinski definition) is 1. The average molecular weight is 311 g/mol. The van der Waals surface area contributed by atoms with Crippen molar-refractivity contribution in [1.29, 1.82) is 0 Å². The van der Waals surface area contributed by atoms with Crippen LogP contribution < -0.4 is 4.72 Å². The van der Waals surface area contributed by atoms with Crippen molar-refractivity contribution in [1.82, 2.24) is 4.72 Å². The zero-order valence-corrected chi connectivity index (χ0v) is 13.2. The molecule has 1 aromatic carbocycles. The summed E-state index contributed by atoms with van der Waals surface area (Å²) in [4.78, 5) is 12.2. The Morgan fingerprint density at radius 1 is 1.43 bits per heavy atom. The third kappa shape index (κ3) is 4.04. The first-order valence-corrected chi connectivity index (χ1v) is 8.82. The van der Waals surface area contributed by atoms with Crippen LogP contribution in [0.2, 0.25) is 0 Å². The molecule has 1 heterocycles. The molecular formula is C15H21NO4S.